The highest BCUT2D eigenvalue weighted by atomic mass is 16.3. The van der Waals surface area contributed by atoms with Crippen LogP contribution in [0.15, 0.2) is 24.3 Å². The van der Waals surface area contributed by atoms with Gasteiger partial charge in [0.25, 0.3) is 5.91 Å². The first kappa shape index (κ1) is 10.5. The van der Waals surface area contributed by atoms with Crippen molar-refractivity contribution in [3.63, 3.8) is 0 Å². The van der Waals surface area contributed by atoms with Crippen molar-refractivity contribution in [1.82, 2.24) is 5.32 Å². The Bertz CT molecular complexity index is 295. The van der Waals surface area contributed by atoms with Crippen molar-refractivity contribution in [3.05, 3.63) is 29.8 Å². The van der Waals surface area contributed by atoms with Crippen molar-refractivity contribution in [2.75, 3.05) is 18.9 Å². The second-order valence-corrected chi connectivity index (χ2v) is 2.96. The van der Waals surface area contributed by atoms with E-state index in [1.807, 2.05) is 0 Å². The number of aliphatic hydroxyl groups excluding tert-OH is 1. The molecule has 0 unspecified atom stereocenters. The molecule has 76 valence electrons. The lowest BCUT2D eigenvalue weighted by Crippen LogP contribution is -2.24. The third-order valence-corrected chi connectivity index (χ3v) is 1.79. The van der Waals surface area contributed by atoms with Gasteiger partial charge in [-0.25, -0.2) is 0 Å². The molecule has 0 aliphatic heterocycles. The molecule has 0 aliphatic carbocycles. The fourth-order valence-corrected chi connectivity index (χ4v) is 1.02. The fraction of sp³-hybridized carbons (Fsp3) is 0.300. The summed E-state index contributed by atoms with van der Waals surface area (Å²) in [7, 11) is 0. The zero-order valence-corrected chi connectivity index (χ0v) is 7.86. The zero-order chi connectivity index (χ0) is 10.4. The smallest absolute Gasteiger partial charge is 0.251 e. The summed E-state index contributed by atoms with van der Waals surface area (Å²) in [6.45, 7) is 0.571. The van der Waals surface area contributed by atoms with E-state index in [0.717, 1.165) is 0 Å². The molecule has 0 heterocycles. The van der Waals surface area contributed by atoms with Crippen LogP contribution in [0, 0.1) is 0 Å². The van der Waals surface area contributed by atoms with Crippen LogP contribution < -0.4 is 11.1 Å². The third kappa shape index (κ3) is 3.06. The van der Waals surface area contributed by atoms with Gasteiger partial charge in [-0.2, -0.15) is 0 Å². The van der Waals surface area contributed by atoms with Gasteiger partial charge in [0.15, 0.2) is 0 Å². The fourth-order valence-electron chi connectivity index (χ4n) is 1.02. The molecule has 0 atom stereocenters. The molecule has 0 bridgehead atoms. The summed E-state index contributed by atoms with van der Waals surface area (Å²) in [5.41, 5.74) is 6.70. The number of benzene rings is 1. The van der Waals surface area contributed by atoms with Crippen molar-refractivity contribution in [3.8, 4) is 0 Å². The number of nitrogens with two attached hydrogens (primary N) is 1. The molecule has 0 radical (unpaired) electrons. The Morgan fingerprint density at radius 1 is 1.36 bits per heavy atom. The van der Waals surface area contributed by atoms with E-state index in [2.05, 4.69) is 5.32 Å². The largest absolute Gasteiger partial charge is 0.399 e. The van der Waals surface area contributed by atoms with E-state index in [1.54, 1.807) is 24.3 Å². The minimum absolute atomic E-state index is 0.0853. The highest BCUT2D eigenvalue weighted by Gasteiger charge is 2.02. The molecule has 14 heavy (non-hydrogen) atoms. The van der Waals surface area contributed by atoms with E-state index in [-0.39, 0.29) is 12.5 Å². The molecule has 0 saturated heterocycles. The van der Waals surface area contributed by atoms with Crippen LogP contribution in [0.4, 0.5) is 5.69 Å². The molecule has 4 heteroatoms. The number of carbonyl (C=O) groups excluding carboxylic acids is 1. The number of hydrogen-bond acceptors (Lipinski definition) is 3. The number of carbonyl (C=O) groups is 1. The Balaban J connectivity index is 2.48. The first-order valence-electron chi connectivity index (χ1n) is 4.48. The molecular formula is C10H14N2O2. The molecule has 1 amide bonds. The van der Waals surface area contributed by atoms with Gasteiger partial charge in [-0.15, -0.1) is 0 Å². The quantitative estimate of drug-likeness (QED) is 0.479. The number of nitrogen functional groups attached to an aromatic ring is 1. The van der Waals surface area contributed by atoms with Crippen molar-refractivity contribution >= 4 is 11.6 Å². The summed E-state index contributed by atoms with van der Waals surface area (Å²) in [5.74, 6) is -0.140. The summed E-state index contributed by atoms with van der Waals surface area (Å²) in [5, 5.41) is 11.2. The van der Waals surface area contributed by atoms with Gasteiger partial charge in [-0.1, -0.05) is 0 Å². The highest BCUT2D eigenvalue weighted by Crippen LogP contribution is 2.04. The molecule has 1 aromatic carbocycles. The number of anilines is 1. The lowest BCUT2D eigenvalue weighted by atomic mass is 10.2. The molecule has 0 aliphatic rings. The maximum Gasteiger partial charge on any atom is 0.251 e. The van der Waals surface area contributed by atoms with E-state index >= 15 is 0 Å². The van der Waals surface area contributed by atoms with Crippen LogP contribution in [0.25, 0.3) is 0 Å². The third-order valence-electron chi connectivity index (χ3n) is 1.79. The SMILES string of the molecule is Nc1ccc(C(=O)NCCCO)cc1. The summed E-state index contributed by atoms with van der Waals surface area (Å²) in [6.07, 6.45) is 0.570. The molecule has 0 fully saturated rings. The van der Waals surface area contributed by atoms with E-state index < -0.39 is 0 Å². The molecule has 0 aromatic heterocycles. The van der Waals surface area contributed by atoms with Gasteiger partial charge in [0.1, 0.15) is 0 Å². The number of aliphatic hydroxyl groups is 1. The summed E-state index contributed by atoms with van der Waals surface area (Å²) >= 11 is 0. The van der Waals surface area contributed by atoms with Gasteiger partial charge in [-0.3, -0.25) is 4.79 Å². The zero-order valence-electron chi connectivity index (χ0n) is 7.86. The number of rotatable bonds is 4. The van der Waals surface area contributed by atoms with Crippen molar-refractivity contribution in [2.45, 2.75) is 6.42 Å². The second-order valence-electron chi connectivity index (χ2n) is 2.96. The second kappa shape index (κ2) is 5.24. The Morgan fingerprint density at radius 2 is 2.00 bits per heavy atom. The van der Waals surface area contributed by atoms with Crippen molar-refractivity contribution in [1.29, 1.82) is 0 Å². The van der Waals surface area contributed by atoms with E-state index in [4.69, 9.17) is 10.8 Å². The summed E-state index contributed by atoms with van der Waals surface area (Å²) < 4.78 is 0. The summed E-state index contributed by atoms with van der Waals surface area (Å²) in [6, 6.07) is 6.70. The van der Waals surface area contributed by atoms with Gasteiger partial charge in [0.2, 0.25) is 0 Å². The maximum atomic E-state index is 11.4. The summed E-state index contributed by atoms with van der Waals surface area (Å²) in [4.78, 5) is 11.4. The maximum absolute atomic E-state index is 11.4. The Kier molecular flexibility index (Phi) is 3.94. The number of amides is 1. The first-order chi connectivity index (χ1) is 6.74. The van der Waals surface area contributed by atoms with Crippen molar-refractivity contribution in [2.24, 2.45) is 0 Å². The van der Waals surface area contributed by atoms with Crippen molar-refractivity contribution < 1.29 is 9.90 Å². The van der Waals surface area contributed by atoms with Crippen LogP contribution in [0.3, 0.4) is 0 Å². The monoisotopic (exact) mass is 194 g/mol. The first-order valence-corrected chi connectivity index (χ1v) is 4.48. The van der Waals surface area contributed by atoms with E-state index in [0.29, 0.717) is 24.2 Å². The Morgan fingerprint density at radius 3 is 2.57 bits per heavy atom. The average Bonchev–Trinajstić information content (AvgIpc) is 2.19. The molecule has 1 rings (SSSR count). The number of nitrogens with one attached hydrogen (secondary N) is 1. The van der Waals surface area contributed by atoms with Gasteiger partial charge >= 0.3 is 0 Å². The van der Waals surface area contributed by atoms with Gasteiger partial charge < -0.3 is 16.2 Å². The predicted octanol–water partition coefficient (Wildman–Crippen LogP) is 0.381. The van der Waals surface area contributed by atoms with E-state index in [9.17, 15) is 4.79 Å². The molecular weight excluding hydrogens is 180 g/mol. The Hall–Kier alpha value is -1.55. The van der Waals surface area contributed by atoms with Gasteiger partial charge in [0.05, 0.1) is 0 Å². The standard InChI is InChI=1S/C10H14N2O2/c11-9-4-2-8(3-5-9)10(14)12-6-1-7-13/h2-5,13H,1,6-7,11H2,(H,12,14). The number of hydrogen-bond donors (Lipinski definition) is 3. The van der Waals surface area contributed by atoms with Crippen LogP contribution >= 0.6 is 0 Å². The normalized spacial score (nSPS) is 9.79. The molecule has 1 aromatic rings. The van der Waals surface area contributed by atoms with Gasteiger partial charge in [-0.05, 0) is 30.7 Å². The lowest BCUT2D eigenvalue weighted by Gasteiger charge is -2.03. The minimum atomic E-state index is -0.140. The molecule has 0 spiro atoms. The van der Waals surface area contributed by atoms with Crippen LogP contribution in [0.5, 0.6) is 0 Å². The van der Waals surface area contributed by atoms with Crippen LogP contribution in [-0.4, -0.2) is 24.2 Å². The van der Waals surface area contributed by atoms with Crippen LogP contribution in [-0.2, 0) is 0 Å². The topological polar surface area (TPSA) is 75.4 Å². The Labute approximate surface area is 82.7 Å². The van der Waals surface area contributed by atoms with Gasteiger partial charge in [0, 0.05) is 24.4 Å². The van der Waals surface area contributed by atoms with Crippen LogP contribution in [0.2, 0.25) is 0 Å². The predicted molar refractivity (Wildman–Crippen MR) is 54.9 cm³/mol. The van der Waals surface area contributed by atoms with E-state index in [1.165, 1.54) is 0 Å². The van der Waals surface area contributed by atoms with Crippen LogP contribution in [0.1, 0.15) is 16.8 Å². The average molecular weight is 194 g/mol. The highest BCUT2D eigenvalue weighted by molar-refractivity contribution is 5.94. The molecule has 4 N–H and O–H groups in total. The lowest BCUT2D eigenvalue weighted by molar-refractivity contribution is 0.0951. The minimum Gasteiger partial charge on any atom is -0.399 e. The molecule has 0 saturated carbocycles. The molecule has 4 nitrogen and oxygen atoms in total.